The lowest BCUT2D eigenvalue weighted by molar-refractivity contribution is 0.295. The summed E-state index contributed by atoms with van der Waals surface area (Å²) in [6.45, 7) is 3.00. The zero-order valence-electron chi connectivity index (χ0n) is 16.8. The largest absolute Gasteiger partial charge is 0.493 e. The third-order valence-corrected chi connectivity index (χ3v) is 5.45. The lowest BCUT2D eigenvalue weighted by atomic mass is 10.0. The number of hydrogen-bond acceptors (Lipinski definition) is 4. The Morgan fingerprint density at radius 1 is 0.967 bits per heavy atom. The SMILES string of the molecule is CCOc1cc(CC(C#N)C=Nc2ccccc2)cc(OCc2ccccc2)c1I. The van der Waals surface area contributed by atoms with E-state index < -0.39 is 0 Å². The molecule has 0 bridgehead atoms. The topological polar surface area (TPSA) is 54.6 Å². The van der Waals surface area contributed by atoms with Gasteiger partial charge in [0.25, 0.3) is 0 Å². The predicted octanol–water partition coefficient (Wildman–Crippen LogP) is 6.35. The smallest absolute Gasteiger partial charge is 0.137 e. The normalized spacial score (nSPS) is 11.8. The van der Waals surface area contributed by atoms with Gasteiger partial charge in [0.05, 0.1) is 27.9 Å². The standard InChI is InChI=1S/C25H23IN2O2/c1-2-29-23-14-20(13-21(16-27)17-28-22-11-7-4-8-12-22)15-24(25(23)26)30-18-19-9-5-3-6-10-19/h3-12,14-15,17,21H,2,13,18H2,1H3. The summed E-state index contributed by atoms with van der Waals surface area (Å²) in [6.07, 6.45) is 2.24. The van der Waals surface area contributed by atoms with Gasteiger partial charge in [0.15, 0.2) is 0 Å². The van der Waals surface area contributed by atoms with Gasteiger partial charge in [-0.2, -0.15) is 5.26 Å². The maximum Gasteiger partial charge on any atom is 0.137 e. The second-order valence-electron chi connectivity index (χ2n) is 6.67. The first-order chi connectivity index (χ1) is 14.7. The molecule has 5 heteroatoms. The third kappa shape index (κ3) is 6.33. The molecule has 0 aliphatic carbocycles. The Morgan fingerprint density at radius 2 is 1.60 bits per heavy atom. The molecule has 0 amide bonds. The van der Waals surface area contributed by atoms with Crippen molar-refractivity contribution in [2.75, 3.05) is 6.61 Å². The molecule has 3 aromatic rings. The van der Waals surface area contributed by atoms with Gasteiger partial charge in [-0.3, -0.25) is 4.99 Å². The van der Waals surface area contributed by atoms with E-state index in [1.165, 1.54) is 0 Å². The van der Waals surface area contributed by atoms with Gasteiger partial charge >= 0.3 is 0 Å². The van der Waals surface area contributed by atoms with Crippen LogP contribution < -0.4 is 9.47 Å². The number of halogens is 1. The molecule has 0 aromatic heterocycles. The van der Waals surface area contributed by atoms with Gasteiger partial charge in [-0.05, 0) is 71.3 Å². The minimum atomic E-state index is -0.346. The molecule has 0 saturated carbocycles. The Kier molecular flexibility index (Phi) is 8.28. The fourth-order valence-corrected chi connectivity index (χ4v) is 3.54. The van der Waals surface area contributed by atoms with Crippen molar-refractivity contribution in [2.45, 2.75) is 20.0 Å². The first-order valence-electron chi connectivity index (χ1n) is 9.80. The van der Waals surface area contributed by atoms with Crippen molar-refractivity contribution >= 4 is 34.5 Å². The first kappa shape index (κ1) is 21.8. The number of para-hydroxylation sites is 1. The van der Waals surface area contributed by atoms with E-state index in [0.29, 0.717) is 19.6 Å². The molecular weight excluding hydrogens is 487 g/mol. The summed E-state index contributed by atoms with van der Waals surface area (Å²) in [5.74, 6) is 1.19. The molecule has 3 rings (SSSR count). The van der Waals surface area contributed by atoms with E-state index in [2.05, 4.69) is 33.7 Å². The molecule has 0 saturated heterocycles. The van der Waals surface area contributed by atoms with Crippen LogP contribution in [0, 0.1) is 20.8 Å². The van der Waals surface area contributed by atoms with Gasteiger partial charge in [0, 0.05) is 6.21 Å². The zero-order valence-corrected chi connectivity index (χ0v) is 19.0. The quantitative estimate of drug-likeness (QED) is 0.249. The predicted molar refractivity (Wildman–Crippen MR) is 129 cm³/mol. The number of benzene rings is 3. The van der Waals surface area contributed by atoms with Gasteiger partial charge in [-0.15, -0.1) is 0 Å². The van der Waals surface area contributed by atoms with Crippen LogP contribution in [0.1, 0.15) is 18.1 Å². The fourth-order valence-electron chi connectivity index (χ4n) is 2.92. The highest BCUT2D eigenvalue weighted by Gasteiger charge is 2.14. The number of aliphatic imine (C=N–C) groups is 1. The van der Waals surface area contributed by atoms with Crippen LogP contribution in [0.2, 0.25) is 0 Å². The van der Waals surface area contributed by atoms with Crippen LogP contribution >= 0.6 is 22.6 Å². The maximum absolute atomic E-state index is 9.61. The van der Waals surface area contributed by atoms with E-state index in [9.17, 15) is 5.26 Å². The number of ether oxygens (including phenoxy) is 2. The highest BCUT2D eigenvalue weighted by atomic mass is 127. The Bertz CT molecular complexity index is 1010. The van der Waals surface area contributed by atoms with Crippen LogP contribution in [0.15, 0.2) is 77.8 Å². The second kappa shape index (κ2) is 11.4. The lowest BCUT2D eigenvalue weighted by Crippen LogP contribution is -2.06. The molecule has 3 aromatic carbocycles. The first-order valence-corrected chi connectivity index (χ1v) is 10.9. The number of nitriles is 1. The Morgan fingerprint density at radius 3 is 2.23 bits per heavy atom. The minimum absolute atomic E-state index is 0.346. The number of rotatable bonds is 9. The minimum Gasteiger partial charge on any atom is -0.493 e. The molecule has 152 valence electrons. The molecule has 30 heavy (non-hydrogen) atoms. The molecule has 4 nitrogen and oxygen atoms in total. The molecule has 0 aliphatic rings. The van der Waals surface area contributed by atoms with Gasteiger partial charge in [0.1, 0.15) is 18.1 Å². The van der Waals surface area contributed by atoms with E-state index in [0.717, 1.165) is 31.9 Å². The monoisotopic (exact) mass is 510 g/mol. The average molecular weight is 510 g/mol. The molecule has 0 radical (unpaired) electrons. The molecule has 1 atom stereocenters. The molecule has 0 N–H and O–H groups in total. The zero-order chi connectivity index (χ0) is 21.2. The van der Waals surface area contributed by atoms with Crippen LogP contribution in [-0.2, 0) is 13.0 Å². The summed E-state index contributed by atoms with van der Waals surface area (Å²) in [6, 6.07) is 26.0. The van der Waals surface area contributed by atoms with Crippen molar-refractivity contribution in [3.05, 3.63) is 87.5 Å². The van der Waals surface area contributed by atoms with E-state index in [1.54, 1.807) is 6.21 Å². The van der Waals surface area contributed by atoms with Crippen molar-refractivity contribution in [3.63, 3.8) is 0 Å². The lowest BCUT2D eigenvalue weighted by Gasteiger charge is -2.15. The summed E-state index contributed by atoms with van der Waals surface area (Å²) in [4.78, 5) is 4.44. The van der Waals surface area contributed by atoms with E-state index in [-0.39, 0.29) is 5.92 Å². The molecule has 0 aliphatic heterocycles. The average Bonchev–Trinajstić information content (AvgIpc) is 2.79. The third-order valence-electron chi connectivity index (χ3n) is 4.38. The van der Waals surface area contributed by atoms with Crippen molar-refractivity contribution < 1.29 is 9.47 Å². The van der Waals surface area contributed by atoms with Crippen LogP contribution in [0.25, 0.3) is 0 Å². The second-order valence-corrected chi connectivity index (χ2v) is 7.75. The van der Waals surface area contributed by atoms with Crippen LogP contribution in [0.3, 0.4) is 0 Å². The van der Waals surface area contributed by atoms with E-state index in [4.69, 9.17) is 9.47 Å². The molecule has 0 spiro atoms. The maximum atomic E-state index is 9.61. The Labute approximate surface area is 191 Å². The van der Waals surface area contributed by atoms with Crippen molar-refractivity contribution in [3.8, 4) is 17.6 Å². The molecule has 0 fully saturated rings. The van der Waals surface area contributed by atoms with Crippen molar-refractivity contribution in [1.29, 1.82) is 5.26 Å². The van der Waals surface area contributed by atoms with E-state index in [1.807, 2.05) is 79.7 Å². The van der Waals surface area contributed by atoms with Gasteiger partial charge < -0.3 is 9.47 Å². The van der Waals surface area contributed by atoms with Crippen LogP contribution in [0.5, 0.6) is 11.5 Å². The summed E-state index contributed by atoms with van der Waals surface area (Å²) in [7, 11) is 0. The Balaban J connectivity index is 1.79. The highest BCUT2D eigenvalue weighted by Crippen LogP contribution is 2.33. The Hall–Kier alpha value is -2.85. The summed E-state index contributed by atoms with van der Waals surface area (Å²) >= 11 is 2.25. The van der Waals surface area contributed by atoms with Gasteiger partial charge in [-0.1, -0.05) is 48.5 Å². The number of hydrogen-bond donors (Lipinski definition) is 0. The van der Waals surface area contributed by atoms with Crippen molar-refractivity contribution in [2.24, 2.45) is 10.9 Å². The number of nitrogens with zero attached hydrogens (tertiary/aromatic N) is 2. The van der Waals surface area contributed by atoms with Gasteiger partial charge in [0.2, 0.25) is 0 Å². The summed E-state index contributed by atoms with van der Waals surface area (Å²) < 4.78 is 12.8. The van der Waals surface area contributed by atoms with Crippen LogP contribution in [-0.4, -0.2) is 12.8 Å². The summed E-state index contributed by atoms with van der Waals surface area (Å²) in [5, 5.41) is 9.61. The van der Waals surface area contributed by atoms with Gasteiger partial charge in [-0.25, -0.2) is 0 Å². The fraction of sp³-hybridized carbons (Fsp3) is 0.200. The highest BCUT2D eigenvalue weighted by molar-refractivity contribution is 14.1. The molecule has 0 heterocycles. The summed E-state index contributed by atoms with van der Waals surface area (Å²) in [5.41, 5.74) is 2.91. The van der Waals surface area contributed by atoms with E-state index >= 15 is 0 Å². The van der Waals surface area contributed by atoms with Crippen molar-refractivity contribution in [1.82, 2.24) is 0 Å². The van der Waals surface area contributed by atoms with Crippen LogP contribution in [0.4, 0.5) is 5.69 Å². The molecular formula is C25H23IN2O2. The molecule has 1 unspecified atom stereocenters.